The Labute approximate surface area is 139 Å². The highest BCUT2D eigenvalue weighted by atomic mass is 35.5. The van der Waals surface area contributed by atoms with Crippen LogP contribution in [0.1, 0.15) is 38.5 Å². The van der Waals surface area contributed by atoms with E-state index in [1.54, 1.807) is 0 Å². The van der Waals surface area contributed by atoms with Gasteiger partial charge in [-0.25, -0.2) is 0 Å². The van der Waals surface area contributed by atoms with Gasteiger partial charge in [-0.3, -0.25) is 4.79 Å². The van der Waals surface area contributed by atoms with Gasteiger partial charge in [0.1, 0.15) is 0 Å². The summed E-state index contributed by atoms with van der Waals surface area (Å²) < 4.78 is 11.7. The van der Waals surface area contributed by atoms with E-state index in [-0.39, 0.29) is 18.3 Å². The van der Waals surface area contributed by atoms with E-state index in [2.05, 4.69) is 5.32 Å². The van der Waals surface area contributed by atoms with Crippen LogP contribution in [0.15, 0.2) is 0 Å². The van der Waals surface area contributed by atoms with Gasteiger partial charge < -0.3 is 19.7 Å². The average Bonchev–Trinajstić information content (AvgIpc) is 3.08. The molecular weight excluding hydrogens is 304 g/mol. The Morgan fingerprint density at radius 3 is 2.64 bits per heavy atom. The Balaban J connectivity index is 0.00000176. The molecule has 3 heterocycles. The zero-order valence-corrected chi connectivity index (χ0v) is 14.1. The minimum Gasteiger partial charge on any atom is -0.376 e. The van der Waals surface area contributed by atoms with Crippen LogP contribution >= 0.6 is 12.4 Å². The summed E-state index contributed by atoms with van der Waals surface area (Å²) in [4.78, 5) is 14.4. The van der Waals surface area contributed by atoms with Crippen molar-refractivity contribution in [3.63, 3.8) is 0 Å². The number of likely N-dealkylation sites (tertiary alicyclic amines) is 1. The van der Waals surface area contributed by atoms with E-state index in [9.17, 15) is 4.79 Å². The summed E-state index contributed by atoms with van der Waals surface area (Å²) in [5.74, 6) is 0.548. The van der Waals surface area contributed by atoms with Crippen molar-refractivity contribution in [3.05, 3.63) is 0 Å². The quantitative estimate of drug-likeness (QED) is 0.849. The van der Waals surface area contributed by atoms with Crippen molar-refractivity contribution in [3.8, 4) is 0 Å². The van der Waals surface area contributed by atoms with Crippen LogP contribution in [0.5, 0.6) is 0 Å². The van der Waals surface area contributed by atoms with Gasteiger partial charge in [-0.1, -0.05) is 0 Å². The highest BCUT2D eigenvalue weighted by Crippen LogP contribution is 2.20. The number of nitrogens with one attached hydrogen (secondary N) is 1. The van der Waals surface area contributed by atoms with Gasteiger partial charge in [-0.15, -0.1) is 12.4 Å². The highest BCUT2D eigenvalue weighted by molar-refractivity contribution is 5.85. The Bertz CT molecular complexity index is 336. The Kier molecular flexibility index (Phi) is 7.41. The van der Waals surface area contributed by atoms with Crippen molar-refractivity contribution in [1.82, 2.24) is 10.2 Å². The number of carbonyl (C=O) groups excluding carboxylic acids is 1. The van der Waals surface area contributed by atoms with E-state index in [4.69, 9.17) is 9.47 Å². The SMILES string of the molecule is Cl.O=C(C1CCNC1)N1CCC(OCC2CCCCO2)CC1. The molecule has 3 saturated heterocycles. The molecule has 1 N–H and O–H groups in total. The van der Waals surface area contributed by atoms with Gasteiger partial charge in [0.2, 0.25) is 5.91 Å². The minimum absolute atomic E-state index is 0. The maximum atomic E-state index is 12.3. The average molecular weight is 333 g/mol. The molecule has 3 rings (SSSR count). The monoisotopic (exact) mass is 332 g/mol. The van der Waals surface area contributed by atoms with Crippen molar-refractivity contribution < 1.29 is 14.3 Å². The number of hydrogen-bond donors (Lipinski definition) is 1. The van der Waals surface area contributed by atoms with Crippen molar-refractivity contribution in [2.24, 2.45) is 5.92 Å². The van der Waals surface area contributed by atoms with E-state index in [1.165, 1.54) is 12.8 Å². The minimum atomic E-state index is 0. The van der Waals surface area contributed by atoms with Crippen LogP contribution < -0.4 is 5.32 Å². The van der Waals surface area contributed by atoms with Crippen molar-refractivity contribution in [2.45, 2.75) is 50.7 Å². The number of carbonyl (C=O) groups is 1. The molecule has 6 heteroatoms. The molecule has 2 atom stereocenters. The van der Waals surface area contributed by atoms with E-state index in [1.807, 2.05) is 4.90 Å². The first-order valence-electron chi connectivity index (χ1n) is 8.55. The molecule has 0 bridgehead atoms. The summed E-state index contributed by atoms with van der Waals surface area (Å²) in [6.45, 7) is 5.16. The van der Waals surface area contributed by atoms with Crippen LogP contribution in [0.3, 0.4) is 0 Å². The van der Waals surface area contributed by atoms with Gasteiger partial charge >= 0.3 is 0 Å². The predicted octanol–water partition coefficient (Wildman–Crippen LogP) is 1.59. The van der Waals surface area contributed by atoms with Gasteiger partial charge in [-0.2, -0.15) is 0 Å². The molecule has 3 aliphatic heterocycles. The molecule has 3 fully saturated rings. The number of nitrogens with zero attached hydrogens (tertiary/aromatic N) is 1. The maximum Gasteiger partial charge on any atom is 0.227 e. The molecule has 0 aliphatic carbocycles. The molecule has 128 valence electrons. The van der Waals surface area contributed by atoms with Crippen LogP contribution in [0.25, 0.3) is 0 Å². The van der Waals surface area contributed by atoms with Gasteiger partial charge in [0, 0.05) is 26.2 Å². The second-order valence-electron chi connectivity index (χ2n) is 6.54. The lowest BCUT2D eigenvalue weighted by atomic mass is 10.0. The standard InChI is InChI=1S/C16H28N2O3.ClH/c19-16(13-4-7-17-11-13)18-8-5-14(6-9-18)21-12-15-3-1-2-10-20-15;/h13-15,17H,1-12H2;1H. The molecule has 2 unspecified atom stereocenters. The summed E-state index contributed by atoms with van der Waals surface area (Å²) in [7, 11) is 0. The fraction of sp³-hybridized carbons (Fsp3) is 0.938. The summed E-state index contributed by atoms with van der Waals surface area (Å²) >= 11 is 0. The first-order valence-corrected chi connectivity index (χ1v) is 8.55. The van der Waals surface area contributed by atoms with E-state index < -0.39 is 0 Å². The molecule has 0 aromatic heterocycles. The molecule has 3 aliphatic rings. The van der Waals surface area contributed by atoms with E-state index >= 15 is 0 Å². The van der Waals surface area contributed by atoms with E-state index in [0.717, 1.165) is 65.1 Å². The highest BCUT2D eigenvalue weighted by Gasteiger charge is 2.30. The molecule has 0 aromatic rings. The lowest BCUT2D eigenvalue weighted by Gasteiger charge is -2.34. The first kappa shape index (κ1) is 18.0. The number of halogens is 1. The zero-order chi connectivity index (χ0) is 14.5. The summed E-state index contributed by atoms with van der Waals surface area (Å²) in [5.41, 5.74) is 0. The second kappa shape index (κ2) is 9.06. The van der Waals surface area contributed by atoms with Crippen molar-refractivity contribution in [2.75, 3.05) is 39.4 Å². The Hall–Kier alpha value is -0.360. The maximum absolute atomic E-state index is 12.3. The smallest absolute Gasteiger partial charge is 0.227 e. The molecule has 0 spiro atoms. The van der Waals surface area contributed by atoms with Crippen LogP contribution in [-0.2, 0) is 14.3 Å². The Morgan fingerprint density at radius 2 is 2.00 bits per heavy atom. The van der Waals surface area contributed by atoms with Crippen molar-refractivity contribution >= 4 is 18.3 Å². The largest absolute Gasteiger partial charge is 0.376 e. The predicted molar refractivity (Wildman–Crippen MR) is 87.4 cm³/mol. The van der Waals surface area contributed by atoms with Crippen LogP contribution in [-0.4, -0.2) is 62.4 Å². The second-order valence-corrected chi connectivity index (χ2v) is 6.54. The molecule has 0 aromatic carbocycles. The lowest BCUT2D eigenvalue weighted by Crippen LogP contribution is -2.44. The first-order chi connectivity index (χ1) is 10.3. The van der Waals surface area contributed by atoms with Gasteiger partial charge in [0.15, 0.2) is 0 Å². The molecule has 0 radical (unpaired) electrons. The normalized spacial score (nSPS) is 30.1. The van der Waals surface area contributed by atoms with Crippen LogP contribution in [0.2, 0.25) is 0 Å². The molecule has 0 saturated carbocycles. The fourth-order valence-electron chi connectivity index (χ4n) is 3.55. The third-order valence-corrected chi connectivity index (χ3v) is 4.96. The van der Waals surface area contributed by atoms with Gasteiger partial charge in [-0.05, 0) is 45.1 Å². The number of piperidine rings is 1. The summed E-state index contributed by atoms with van der Waals surface area (Å²) in [6.07, 6.45) is 7.12. The Morgan fingerprint density at radius 1 is 1.18 bits per heavy atom. The molecule has 22 heavy (non-hydrogen) atoms. The number of amides is 1. The molecular formula is C16H29ClN2O3. The zero-order valence-electron chi connectivity index (χ0n) is 13.3. The third-order valence-electron chi connectivity index (χ3n) is 4.96. The number of rotatable bonds is 4. The number of hydrogen-bond acceptors (Lipinski definition) is 4. The topological polar surface area (TPSA) is 50.8 Å². The van der Waals surface area contributed by atoms with Crippen molar-refractivity contribution in [1.29, 1.82) is 0 Å². The lowest BCUT2D eigenvalue weighted by molar-refractivity contribution is -0.138. The fourth-order valence-corrected chi connectivity index (χ4v) is 3.55. The van der Waals surface area contributed by atoms with Gasteiger partial charge in [0.25, 0.3) is 0 Å². The van der Waals surface area contributed by atoms with Crippen LogP contribution in [0.4, 0.5) is 0 Å². The third kappa shape index (κ3) is 4.82. The van der Waals surface area contributed by atoms with E-state index in [0.29, 0.717) is 18.1 Å². The number of ether oxygens (including phenoxy) is 2. The molecule has 5 nitrogen and oxygen atoms in total. The van der Waals surface area contributed by atoms with Gasteiger partial charge in [0.05, 0.1) is 24.7 Å². The summed E-state index contributed by atoms with van der Waals surface area (Å²) in [5, 5.41) is 3.27. The van der Waals surface area contributed by atoms with Crippen LogP contribution in [0, 0.1) is 5.92 Å². The molecule has 1 amide bonds. The summed E-state index contributed by atoms with van der Waals surface area (Å²) in [6, 6.07) is 0.